The van der Waals surface area contributed by atoms with Crippen LogP contribution in [0.25, 0.3) is 10.9 Å². The van der Waals surface area contributed by atoms with Crippen LogP contribution in [0.4, 0.5) is 5.69 Å². The van der Waals surface area contributed by atoms with Crippen molar-refractivity contribution in [3.8, 4) is 0 Å². The highest BCUT2D eigenvalue weighted by Gasteiger charge is 2.19. The van der Waals surface area contributed by atoms with Gasteiger partial charge >= 0.3 is 5.97 Å². The van der Waals surface area contributed by atoms with Crippen LogP contribution in [0.1, 0.15) is 5.56 Å². The van der Waals surface area contributed by atoms with Crippen molar-refractivity contribution in [1.82, 2.24) is 4.98 Å². The molecule has 1 aromatic heterocycles. The molecule has 92 valence electrons. The summed E-state index contributed by atoms with van der Waals surface area (Å²) in [7, 11) is 1.25. The van der Waals surface area contributed by atoms with Gasteiger partial charge in [0.05, 0.1) is 29.5 Å². The maximum atomic E-state index is 11.3. The first-order valence-electron chi connectivity index (χ1n) is 5.21. The summed E-state index contributed by atoms with van der Waals surface area (Å²) in [4.78, 5) is 25.9. The van der Waals surface area contributed by atoms with E-state index in [0.29, 0.717) is 16.5 Å². The smallest absolute Gasteiger partial charge is 0.310 e. The van der Waals surface area contributed by atoms with Gasteiger partial charge in [0.15, 0.2) is 0 Å². The van der Waals surface area contributed by atoms with Gasteiger partial charge in [0.2, 0.25) is 0 Å². The van der Waals surface area contributed by atoms with E-state index >= 15 is 0 Å². The van der Waals surface area contributed by atoms with Crippen molar-refractivity contribution in [2.24, 2.45) is 0 Å². The van der Waals surface area contributed by atoms with Gasteiger partial charge in [0.1, 0.15) is 0 Å². The Balaban J connectivity index is 2.66. The molecule has 6 heteroatoms. The molecule has 2 aromatic rings. The molecular formula is C12H10N2O4. The summed E-state index contributed by atoms with van der Waals surface area (Å²) in [5.41, 5.74) is 0.848. The predicted molar refractivity (Wildman–Crippen MR) is 64.1 cm³/mol. The number of fused-ring (bicyclic) bond motifs is 1. The topological polar surface area (TPSA) is 82.3 Å². The van der Waals surface area contributed by atoms with Crippen LogP contribution >= 0.6 is 0 Å². The number of nitrogens with zero attached hydrogens (tertiary/aromatic N) is 2. The third-order valence-electron chi connectivity index (χ3n) is 2.62. The van der Waals surface area contributed by atoms with Crippen LogP contribution in [0, 0.1) is 10.1 Å². The van der Waals surface area contributed by atoms with Gasteiger partial charge in [-0.1, -0.05) is 6.07 Å². The normalized spacial score (nSPS) is 10.3. The molecule has 0 radical (unpaired) electrons. The van der Waals surface area contributed by atoms with Crippen molar-refractivity contribution in [2.45, 2.75) is 6.42 Å². The lowest BCUT2D eigenvalue weighted by molar-refractivity contribution is -0.385. The summed E-state index contributed by atoms with van der Waals surface area (Å²) < 4.78 is 4.56. The Hall–Kier alpha value is -2.50. The summed E-state index contributed by atoms with van der Waals surface area (Å²) >= 11 is 0. The van der Waals surface area contributed by atoms with Crippen LogP contribution in [-0.2, 0) is 16.0 Å². The van der Waals surface area contributed by atoms with Crippen molar-refractivity contribution in [3.05, 3.63) is 46.1 Å². The number of methoxy groups -OCH3 is 1. The van der Waals surface area contributed by atoms with Gasteiger partial charge in [-0.05, 0) is 12.1 Å². The highest BCUT2D eigenvalue weighted by Crippen LogP contribution is 2.27. The van der Waals surface area contributed by atoms with E-state index < -0.39 is 10.9 Å². The van der Waals surface area contributed by atoms with Gasteiger partial charge in [0.25, 0.3) is 5.69 Å². The zero-order valence-electron chi connectivity index (χ0n) is 9.62. The van der Waals surface area contributed by atoms with Crippen molar-refractivity contribution < 1.29 is 14.5 Å². The predicted octanol–water partition coefficient (Wildman–Crippen LogP) is 1.86. The molecule has 0 amide bonds. The minimum absolute atomic E-state index is 0.0964. The van der Waals surface area contributed by atoms with Crippen LogP contribution in [0.3, 0.4) is 0 Å². The fourth-order valence-electron chi connectivity index (χ4n) is 1.78. The van der Waals surface area contributed by atoms with E-state index in [4.69, 9.17) is 0 Å². The summed E-state index contributed by atoms with van der Waals surface area (Å²) in [6.07, 6.45) is 1.45. The molecule has 0 aliphatic heterocycles. The quantitative estimate of drug-likeness (QED) is 0.469. The highest BCUT2D eigenvalue weighted by molar-refractivity contribution is 5.89. The van der Waals surface area contributed by atoms with Gasteiger partial charge in [-0.15, -0.1) is 0 Å². The average molecular weight is 246 g/mol. The molecule has 1 aromatic carbocycles. The molecule has 0 unspecified atom stereocenters. The number of benzene rings is 1. The SMILES string of the molecule is COC(=O)Cc1c([N+](=O)[O-])ccc2ncccc12. The van der Waals surface area contributed by atoms with Crippen LogP contribution < -0.4 is 0 Å². The van der Waals surface area contributed by atoms with Crippen molar-refractivity contribution in [1.29, 1.82) is 0 Å². The van der Waals surface area contributed by atoms with Gasteiger partial charge in [-0.2, -0.15) is 0 Å². The van der Waals surface area contributed by atoms with Crippen molar-refractivity contribution in [2.75, 3.05) is 7.11 Å². The third-order valence-corrected chi connectivity index (χ3v) is 2.62. The number of aromatic nitrogens is 1. The molecule has 0 saturated heterocycles. The van der Waals surface area contributed by atoms with Crippen LogP contribution in [-0.4, -0.2) is 23.0 Å². The summed E-state index contributed by atoms with van der Waals surface area (Å²) in [6.45, 7) is 0. The fraction of sp³-hybridized carbons (Fsp3) is 0.167. The molecular weight excluding hydrogens is 236 g/mol. The number of nitro groups is 1. The first-order valence-corrected chi connectivity index (χ1v) is 5.21. The molecule has 1 heterocycles. The van der Waals surface area contributed by atoms with Crippen LogP contribution in [0.5, 0.6) is 0 Å². The number of hydrogen-bond acceptors (Lipinski definition) is 5. The molecule has 18 heavy (non-hydrogen) atoms. The Bertz CT molecular complexity index is 625. The minimum atomic E-state index is -0.519. The maximum absolute atomic E-state index is 11.3. The second kappa shape index (κ2) is 4.79. The monoisotopic (exact) mass is 246 g/mol. The molecule has 0 aliphatic rings. The third kappa shape index (κ3) is 2.13. The Morgan fingerprint density at radius 1 is 1.44 bits per heavy atom. The van der Waals surface area contributed by atoms with Gasteiger partial charge in [-0.3, -0.25) is 19.9 Å². The zero-order chi connectivity index (χ0) is 13.1. The molecule has 2 rings (SSSR count). The summed E-state index contributed by atoms with van der Waals surface area (Å²) in [6, 6.07) is 6.29. The van der Waals surface area contributed by atoms with E-state index in [1.807, 2.05) is 0 Å². The Kier molecular flexibility index (Phi) is 3.18. The highest BCUT2D eigenvalue weighted by atomic mass is 16.6. The Labute approximate surface area is 102 Å². The number of nitro benzene ring substituents is 1. The number of pyridine rings is 1. The lowest BCUT2D eigenvalue weighted by atomic mass is 10.0. The Morgan fingerprint density at radius 3 is 2.89 bits per heavy atom. The second-order valence-corrected chi connectivity index (χ2v) is 3.64. The number of carbonyl (C=O) groups excluding carboxylic acids is 1. The minimum Gasteiger partial charge on any atom is -0.469 e. The van der Waals surface area contributed by atoms with E-state index in [0.717, 1.165) is 0 Å². The number of ether oxygens (including phenoxy) is 1. The number of esters is 1. The first kappa shape index (κ1) is 12.0. The molecule has 0 aliphatic carbocycles. The summed E-state index contributed by atoms with van der Waals surface area (Å²) in [5.74, 6) is -0.519. The molecule has 0 fully saturated rings. The molecule has 0 bridgehead atoms. The van der Waals surface area contributed by atoms with Crippen molar-refractivity contribution >= 4 is 22.6 Å². The van der Waals surface area contributed by atoms with E-state index in [-0.39, 0.29) is 12.1 Å². The largest absolute Gasteiger partial charge is 0.469 e. The van der Waals surface area contributed by atoms with E-state index in [2.05, 4.69) is 9.72 Å². The van der Waals surface area contributed by atoms with E-state index in [9.17, 15) is 14.9 Å². The lowest BCUT2D eigenvalue weighted by Gasteiger charge is -2.05. The standard InChI is InChI=1S/C12H10N2O4/c1-18-12(15)7-9-8-3-2-6-13-10(8)4-5-11(9)14(16)17/h2-6H,7H2,1H3. The number of rotatable bonds is 3. The Morgan fingerprint density at radius 2 is 2.22 bits per heavy atom. The average Bonchev–Trinajstić information content (AvgIpc) is 2.38. The van der Waals surface area contributed by atoms with Crippen molar-refractivity contribution in [3.63, 3.8) is 0 Å². The molecule has 0 atom stereocenters. The van der Waals surface area contributed by atoms with Gasteiger partial charge in [0, 0.05) is 17.6 Å². The van der Waals surface area contributed by atoms with Gasteiger partial charge in [-0.25, -0.2) is 0 Å². The number of carbonyl (C=O) groups is 1. The summed E-state index contributed by atoms with van der Waals surface area (Å²) in [5, 5.41) is 11.6. The first-order chi connectivity index (χ1) is 8.63. The lowest BCUT2D eigenvalue weighted by Crippen LogP contribution is -2.07. The second-order valence-electron chi connectivity index (χ2n) is 3.64. The van der Waals surface area contributed by atoms with Crippen LogP contribution in [0.15, 0.2) is 30.5 Å². The van der Waals surface area contributed by atoms with E-state index in [1.54, 1.807) is 24.4 Å². The maximum Gasteiger partial charge on any atom is 0.310 e. The van der Waals surface area contributed by atoms with Gasteiger partial charge < -0.3 is 4.74 Å². The molecule has 0 spiro atoms. The van der Waals surface area contributed by atoms with Crippen LogP contribution in [0.2, 0.25) is 0 Å². The molecule has 0 N–H and O–H groups in total. The molecule has 6 nitrogen and oxygen atoms in total. The molecule has 0 saturated carbocycles. The fourth-order valence-corrected chi connectivity index (χ4v) is 1.78. The van der Waals surface area contributed by atoms with E-state index in [1.165, 1.54) is 13.2 Å². The number of hydrogen-bond donors (Lipinski definition) is 0. The zero-order valence-corrected chi connectivity index (χ0v) is 9.62.